The average molecular weight is 422 g/mol. The minimum Gasteiger partial charge on any atom is -0.459 e. The molecule has 0 radical (unpaired) electrons. The van der Waals surface area contributed by atoms with Gasteiger partial charge in [-0.3, -0.25) is 4.90 Å². The van der Waals surface area contributed by atoms with Crippen LogP contribution in [0.5, 0.6) is 0 Å². The van der Waals surface area contributed by atoms with E-state index in [4.69, 9.17) is 9.47 Å². The van der Waals surface area contributed by atoms with Crippen LogP contribution in [-0.2, 0) is 20.9 Å². The lowest BCUT2D eigenvalue weighted by atomic mass is 10.0. The molecule has 0 N–H and O–H groups in total. The SMILES string of the molecule is CC(C)(C)OC(=O)N1C[C@H](C/C=C/c2ccccc2)C[C@H]1C(=O)OCc1ccccc1. The van der Waals surface area contributed by atoms with Crippen molar-refractivity contribution < 1.29 is 19.1 Å². The van der Waals surface area contributed by atoms with Crippen molar-refractivity contribution in [3.63, 3.8) is 0 Å². The van der Waals surface area contributed by atoms with Crippen LogP contribution in [-0.4, -0.2) is 35.2 Å². The first kappa shape index (κ1) is 22.6. The van der Waals surface area contributed by atoms with Gasteiger partial charge in [0.05, 0.1) is 0 Å². The fourth-order valence-electron chi connectivity index (χ4n) is 3.63. The molecular weight excluding hydrogens is 390 g/mol. The molecule has 5 nitrogen and oxygen atoms in total. The zero-order chi connectivity index (χ0) is 22.3. The van der Waals surface area contributed by atoms with E-state index in [1.807, 2.05) is 81.4 Å². The highest BCUT2D eigenvalue weighted by atomic mass is 16.6. The zero-order valence-electron chi connectivity index (χ0n) is 18.5. The molecule has 3 rings (SSSR count). The zero-order valence-corrected chi connectivity index (χ0v) is 18.5. The van der Waals surface area contributed by atoms with Crippen LogP contribution in [0.2, 0.25) is 0 Å². The molecule has 2 aromatic carbocycles. The molecule has 0 spiro atoms. The van der Waals surface area contributed by atoms with Gasteiger partial charge in [-0.2, -0.15) is 0 Å². The largest absolute Gasteiger partial charge is 0.459 e. The summed E-state index contributed by atoms with van der Waals surface area (Å²) in [4.78, 5) is 27.1. The maximum absolute atomic E-state index is 12.9. The van der Waals surface area contributed by atoms with E-state index in [-0.39, 0.29) is 18.5 Å². The summed E-state index contributed by atoms with van der Waals surface area (Å²) in [5.74, 6) is -0.217. The number of benzene rings is 2. The Hall–Kier alpha value is -3.08. The summed E-state index contributed by atoms with van der Waals surface area (Å²) in [6.07, 6.45) is 5.04. The van der Waals surface area contributed by atoms with Gasteiger partial charge in [0.2, 0.25) is 0 Å². The molecule has 0 unspecified atom stereocenters. The highest BCUT2D eigenvalue weighted by molar-refractivity contribution is 5.82. The molecule has 1 aliphatic heterocycles. The molecule has 0 aromatic heterocycles. The van der Waals surface area contributed by atoms with Gasteiger partial charge < -0.3 is 9.47 Å². The van der Waals surface area contributed by atoms with Gasteiger partial charge in [0, 0.05) is 6.54 Å². The van der Waals surface area contributed by atoms with E-state index in [0.29, 0.717) is 13.0 Å². The van der Waals surface area contributed by atoms with Crippen molar-refractivity contribution in [2.24, 2.45) is 5.92 Å². The van der Waals surface area contributed by atoms with Crippen LogP contribution in [0.1, 0.15) is 44.7 Å². The maximum Gasteiger partial charge on any atom is 0.411 e. The molecule has 5 heteroatoms. The number of nitrogens with zero attached hydrogens (tertiary/aromatic N) is 1. The number of amides is 1. The Kier molecular flexibility index (Phi) is 7.50. The molecule has 2 aromatic rings. The first-order valence-electron chi connectivity index (χ1n) is 10.7. The first-order chi connectivity index (χ1) is 14.8. The molecule has 1 aliphatic rings. The van der Waals surface area contributed by atoms with Crippen molar-refractivity contribution in [2.75, 3.05) is 6.54 Å². The van der Waals surface area contributed by atoms with Crippen LogP contribution in [0.3, 0.4) is 0 Å². The molecule has 164 valence electrons. The number of hydrogen-bond acceptors (Lipinski definition) is 4. The molecule has 1 fully saturated rings. The minimum absolute atomic E-state index is 0.168. The first-order valence-corrected chi connectivity index (χ1v) is 10.7. The van der Waals surface area contributed by atoms with Gasteiger partial charge in [0.15, 0.2) is 0 Å². The third kappa shape index (κ3) is 6.99. The van der Waals surface area contributed by atoms with Gasteiger partial charge >= 0.3 is 12.1 Å². The van der Waals surface area contributed by atoms with Gasteiger partial charge in [0.1, 0.15) is 18.2 Å². The molecular formula is C26H31NO4. The Labute approximate surface area is 184 Å². The van der Waals surface area contributed by atoms with Crippen molar-refractivity contribution >= 4 is 18.1 Å². The van der Waals surface area contributed by atoms with Gasteiger partial charge in [-0.05, 0) is 50.7 Å². The quantitative estimate of drug-likeness (QED) is 0.581. The maximum atomic E-state index is 12.9. The van der Waals surface area contributed by atoms with Gasteiger partial charge in [-0.15, -0.1) is 0 Å². The lowest BCUT2D eigenvalue weighted by molar-refractivity contribution is -0.150. The summed E-state index contributed by atoms with van der Waals surface area (Å²) in [5, 5.41) is 0. The number of carbonyl (C=O) groups is 2. The van der Waals surface area contributed by atoms with Crippen LogP contribution < -0.4 is 0 Å². The summed E-state index contributed by atoms with van der Waals surface area (Å²) in [7, 11) is 0. The number of likely N-dealkylation sites (tertiary alicyclic amines) is 1. The van der Waals surface area contributed by atoms with Crippen molar-refractivity contribution in [3.8, 4) is 0 Å². The van der Waals surface area contributed by atoms with E-state index in [0.717, 1.165) is 17.5 Å². The highest BCUT2D eigenvalue weighted by Crippen LogP contribution is 2.29. The van der Waals surface area contributed by atoms with Crippen LogP contribution >= 0.6 is 0 Å². The molecule has 2 atom stereocenters. The van der Waals surface area contributed by atoms with E-state index in [1.165, 1.54) is 4.90 Å². The molecule has 31 heavy (non-hydrogen) atoms. The van der Waals surface area contributed by atoms with E-state index in [2.05, 4.69) is 12.2 Å². The lowest BCUT2D eigenvalue weighted by Crippen LogP contribution is -2.44. The fraction of sp³-hybridized carbons (Fsp3) is 0.385. The van der Waals surface area contributed by atoms with E-state index < -0.39 is 17.7 Å². The van der Waals surface area contributed by atoms with Gasteiger partial charge in [0.25, 0.3) is 0 Å². The van der Waals surface area contributed by atoms with Crippen LogP contribution in [0, 0.1) is 5.92 Å². The second-order valence-electron chi connectivity index (χ2n) is 8.89. The number of hydrogen-bond donors (Lipinski definition) is 0. The Morgan fingerprint density at radius 2 is 1.68 bits per heavy atom. The Bertz CT molecular complexity index is 887. The minimum atomic E-state index is -0.631. The Balaban J connectivity index is 1.65. The highest BCUT2D eigenvalue weighted by Gasteiger charge is 2.41. The molecule has 1 amide bonds. The Morgan fingerprint density at radius 3 is 2.32 bits per heavy atom. The molecule has 0 aliphatic carbocycles. The number of allylic oxidation sites excluding steroid dienone is 1. The van der Waals surface area contributed by atoms with Crippen LogP contribution in [0.25, 0.3) is 6.08 Å². The van der Waals surface area contributed by atoms with E-state index in [1.54, 1.807) is 0 Å². The molecule has 1 saturated heterocycles. The van der Waals surface area contributed by atoms with Gasteiger partial charge in [-0.1, -0.05) is 72.8 Å². The molecule has 0 bridgehead atoms. The average Bonchev–Trinajstić information content (AvgIpc) is 3.17. The summed E-state index contributed by atoms with van der Waals surface area (Å²) < 4.78 is 11.1. The molecule has 1 heterocycles. The number of esters is 1. The lowest BCUT2D eigenvalue weighted by Gasteiger charge is -2.27. The normalized spacial score (nSPS) is 18.9. The van der Waals surface area contributed by atoms with Gasteiger partial charge in [-0.25, -0.2) is 9.59 Å². The van der Waals surface area contributed by atoms with Crippen molar-refractivity contribution in [1.29, 1.82) is 0 Å². The second kappa shape index (κ2) is 10.3. The molecule has 0 saturated carbocycles. The summed E-state index contributed by atoms with van der Waals surface area (Å²) in [6.45, 7) is 6.13. The number of carbonyl (C=O) groups excluding carboxylic acids is 2. The summed E-state index contributed by atoms with van der Waals surface area (Å²) >= 11 is 0. The third-order valence-corrected chi connectivity index (χ3v) is 5.09. The van der Waals surface area contributed by atoms with Crippen molar-refractivity contribution in [2.45, 2.75) is 51.9 Å². The predicted octanol–water partition coefficient (Wildman–Crippen LogP) is 5.46. The Morgan fingerprint density at radius 1 is 1.03 bits per heavy atom. The smallest absolute Gasteiger partial charge is 0.411 e. The standard InChI is InChI=1S/C26H31NO4/c1-26(2,3)31-25(29)27-18-22(16-10-15-20-11-6-4-7-12-20)17-23(27)24(28)30-19-21-13-8-5-9-14-21/h4-15,22-23H,16-19H2,1-3H3/b15-10+/t22-,23+/m1/s1. The second-order valence-corrected chi connectivity index (χ2v) is 8.89. The summed E-state index contributed by atoms with van der Waals surface area (Å²) in [5.41, 5.74) is 1.42. The number of ether oxygens (including phenoxy) is 2. The van der Waals surface area contributed by atoms with Crippen LogP contribution in [0.4, 0.5) is 4.79 Å². The monoisotopic (exact) mass is 421 g/mol. The van der Waals surface area contributed by atoms with Crippen molar-refractivity contribution in [3.05, 3.63) is 77.9 Å². The summed E-state index contributed by atoms with van der Waals surface area (Å²) in [6, 6.07) is 19.0. The van der Waals surface area contributed by atoms with E-state index in [9.17, 15) is 9.59 Å². The third-order valence-electron chi connectivity index (χ3n) is 5.09. The number of rotatable bonds is 6. The van der Waals surface area contributed by atoms with Crippen molar-refractivity contribution in [1.82, 2.24) is 4.90 Å². The topological polar surface area (TPSA) is 55.8 Å². The van der Waals surface area contributed by atoms with E-state index >= 15 is 0 Å². The predicted molar refractivity (Wildman–Crippen MR) is 121 cm³/mol. The fourth-order valence-corrected chi connectivity index (χ4v) is 3.63. The van der Waals surface area contributed by atoms with Crippen LogP contribution in [0.15, 0.2) is 66.7 Å².